The van der Waals surface area contributed by atoms with Crippen molar-refractivity contribution in [3.8, 4) is 0 Å². The van der Waals surface area contributed by atoms with Crippen LogP contribution in [0.1, 0.15) is 37.7 Å². The normalized spacial score (nSPS) is 21.7. The number of aliphatic hydroxyl groups excluding tert-OH is 3. The van der Waals surface area contributed by atoms with Crippen LogP contribution in [-0.4, -0.2) is 66.4 Å². The standard InChI is InChI=1S/C25H37F2NO4/c26-25(27,15-13-21-10-4-3-5-11-21)20-32-17-9-2-1-8-16-28-18-23(31)24(19-29)14-7-6-12-22(24)30/h3-7,10-12,14,22-23,28-31H,1-2,8-9,13,15-20H2. The molecule has 1 aromatic rings. The van der Waals surface area contributed by atoms with Crippen LogP contribution in [0.2, 0.25) is 0 Å². The zero-order chi connectivity index (χ0) is 23.3. The summed E-state index contributed by atoms with van der Waals surface area (Å²) in [5, 5.41) is 33.4. The SMILES string of the molecule is OCC1(C(O)CNCCCCCCOCC(F)(F)CCc2ccccc2)C=CC=CC1O. The molecular formula is C25H37F2NO4. The van der Waals surface area contributed by atoms with Crippen molar-refractivity contribution in [2.45, 2.75) is 56.7 Å². The second kappa shape index (κ2) is 13.8. The van der Waals surface area contributed by atoms with Crippen LogP contribution in [0.15, 0.2) is 54.6 Å². The summed E-state index contributed by atoms with van der Waals surface area (Å²) in [6.45, 7) is 0.387. The van der Waals surface area contributed by atoms with Gasteiger partial charge < -0.3 is 25.4 Å². The Labute approximate surface area is 189 Å². The molecule has 0 bridgehead atoms. The van der Waals surface area contributed by atoms with E-state index in [4.69, 9.17) is 4.74 Å². The maximum absolute atomic E-state index is 13.9. The lowest BCUT2D eigenvalue weighted by Crippen LogP contribution is -2.50. The number of ether oxygens (including phenoxy) is 1. The maximum Gasteiger partial charge on any atom is 0.271 e. The Morgan fingerprint density at radius 1 is 1.09 bits per heavy atom. The van der Waals surface area contributed by atoms with Crippen molar-refractivity contribution in [2.75, 3.05) is 32.9 Å². The highest BCUT2D eigenvalue weighted by molar-refractivity contribution is 5.23. The molecule has 1 aliphatic rings. The second-order valence-electron chi connectivity index (χ2n) is 8.49. The van der Waals surface area contributed by atoms with Gasteiger partial charge in [0, 0.05) is 19.6 Å². The van der Waals surface area contributed by atoms with Gasteiger partial charge in [-0.25, -0.2) is 8.78 Å². The number of aryl methyl sites for hydroxylation is 1. The number of rotatable bonds is 16. The van der Waals surface area contributed by atoms with Gasteiger partial charge in [-0.3, -0.25) is 0 Å². The largest absolute Gasteiger partial charge is 0.395 e. The highest BCUT2D eigenvalue weighted by Crippen LogP contribution is 2.31. The Balaban J connectivity index is 1.47. The molecule has 0 fully saturated rings. The van der Waals surface area contributed by atoms with Crippen LogP contribution in [0.5, 0.6) is 0 Å². The fourth-order valence-corrected chi connectivity index (χ4v) is 3.74. The summed E-state index contributed by atoms with van der Waals surface area (Å²) in [7, 11) is 0. The first-order valence-electron chi connectivity index (χ1n) is 11.4. The van der Waals surface area contributed by atoms with Crippen LogP contribution in [0.25, 0.3) is 0 Å². The molecule has 32 heavy (non-hydrogen) atoms. The van der Waals surface area contributed by atoms with Crippen LogP contribution in [0.3, 0.4) is 0 Å². The minimum absolute atomic E-state index is 0.213. The molecule has 4 N–H and O–H groups in total. The van der Waals surface area contributed by atoms with Crippen LogP contribution < -0.4 is 5.32 Å². The Bertz CT molecular complexity index is 698. The van der Waals surface area contributed by atoms with Crippen molar-refractivity contribution in [1.82, 2.24) is 5.32 Å². The third-order valence-corrected chi connectivity index (χ3v) is 5.92. The van der Waals surface area contributed by atoms with Crippen molar-refractivity contribution in [2.24, 2.45) is 5.41 Å². The van der Waals surface area contributed by atoms with Crippen LogP contribution >= 0.6 is 0 Å². The molecule has 5 nitrogen and oxygen atoms in total. The van der Waals surface area contributed by atoms with Gasteiger partial charge in [0.1, 0.15) is 6.61 Å². The smallest absolute Gasteiger partial charge is 0.271 e. The topological polar surface area (TPSA) is 82.0 Å². The zero-order valence-electron chi connectivity index (χ0n) is 18.6. The van der Waals surface area contributed by atoms with E-state index in [9.17, 15) is 24.1 Å². The Hall–Kier alpha value is -1.64. The lowest BCUT2D eigenvalue weighted by molar-refractivity contribution is -0.0822. The number of halogens is 2. The van der Waals surface area contributed by atoms with Gasteiger partial charge >= 0.3 is 0 Å². The number of alkyl halides is 2. The van der Waals surface area contributed by atoms with E-state index >= 15 is 0 Å². The van der Waals surface area contributed by atoms with Gasteiger partial charge in [-0.2, -0.15) is 0 Å². The number of benzene rings is 1. The first-order valence-corrected chi connectivity index (χ1v) is 11.4. The predicted molar refractivity (Wildman–Crippen MR) is 122 cm³/mol. The number of nitrogens with one attached hydrogen (secondary N) is 1. The third-order valence-electron chi connectivity index (χ3n) is 5.92. The summed E-state index contributed by atoms with van der Waals surface area (Å²) in [5.41, 5.74) is -0.175. The molecule has 0 radical (unpaired) electrons. The molecule has 1 aromatic carbocycles. The molecule has 0 amide bonds. The fourth-order valence-electron chi connectivity index (χ4n) is 3.74. The molecular weight excluding hydrogens is 416 g/mol. The van der Waals surface area contributed by atoms with Gasteiger partial charge in [0.15, 0.2) is 0 Å². The second-order valence-corrected chi connectivity index (χ2v) is 8.49. The van der Waals surface area contributed by atoms with Crippen molar-refractivity contribution in [3.05, 3.63) is 60.2 Å². The summed E-state index contributed by atoms with van der Waals surface area (Å²) in [6.07, 6.45) is 8.30. The number of unbranched alkanes of at least 4 members (excludes halogenated alkanes) is 3. The lowest BCUT2D eigenvalue weighted by atomic mass is 9.75. The highest BCUT2D eigenvalue weighted by atomic mass is 19.3. The van der Waals surface area contributed by atoms with Gasteiger partial charge in [0.25, 0.3) is 5.92 Å². The fraction of sp³-hybridized carbons (Fsp3) is 0.600. The molecule has 0 aliphatic heterocycles. The number of hydrogen-bond donors (Lipinski definition) is 4. The molecule has 0 spiro atoms. The third kappa shape index (κ3) is 8.71. The molecule has 1 aliphatic carbocycles. The van der Waals surface area contributed by atoms with Gasteiger partial charge in [0.05, 0.1) is 24.2 Å². The molecule has 7 heteroatoms. The van der Waals surface area contributed by atoms with Crippen LogP contribution in [-0.2, 0) is 11.2 Å². The quantitative estimate of drug-likeness (QED) is 0.289. The minimum atomic E-state index is -2.82. The van der Waals surface area contributed by atoms with Gasteiger partial charge in [-0.1, -0.05) is 67.5 Å². The van der Waals surface area contributed by atoms with Crippen molar-refractivity contribution in [3.63, 3.8) is 0 Å². The van der Waals surface area contributed by atoms with Gasteiger partial charge in [-0.15, -0.1) is 0 Å². The van der Waals surface area contributed by atoms with Crippen LogP contribution in [0.4, 0.5) is 8.78 Å². The molecule has 3 atom stereocenters. The molecule has 180 valence electrons. The van der Waals surface area contributed by atoms with E-state index in [-0.39, 0.29) is 19.6 Å². The maximum atomic E-state index is 13.9. The van der Waals surface area contributed by atoms with Crippen molar-refractivity contribution in [1.29, 1.82) is 0 Å². The van der Waals surface area contributed by atoms with E-state index in [0.29, 0.717) is 19.6 Å². The lowest BCUT2D eigenvalue weighted by Gasteiger charge is -2.38. The number of allylic oxidation sites excluding steroid dienone is 2. The van der Waals surface area contributed by atoms with E-state index < -0.39 is 30.2 Å². The molecule has 0 aromatic heterocycles. The summed E-state index contributed by atoms with van der Waals surface area (Å²) >= 11 is 0. The molecule has 0 saturated heterocycles. The summed E-state index contributed by atoms with van der Waals surface area (Å²) in [6, 6.07) is 9.27. The number of hydrogen-bond acceptors (Lipinski definition) is 5. The number of aliphatic hydroxyl groups is 3. The van der Waals surface area contributed by atoms with Gasteiger partial charge in [0.2, 0.25) is 0 Å². The average molecular weight is 454 g/mol. The van der Waals surface area contributed by atoms with Gasteiger partial charge in [-0.05, 0) is 31.4 Å². The molecule has 0 heterocycles. The van der Waals surface area contributed by atoms with Crippen molar-refractivity contribution >= 4 is 0 Å². The summed E-state index contributed by atoms with van der Waals surface area (Å²) in [4.78, 5) is 0. The van der Waals surface area contributed by atoms with E-state index in [1.807, 2.05) is 30.3 Å². The van der Waals surface area contributed by atoms with E-state index in [0.717, 1.165) is 31.2 Å². The Kier molecular flexibility index (Phi) is 11.5. The molecule has 0 saturated carbocycles. The molecule has 2 rings (SSSR count). The zero-order valence-corrected chi connectivity index (χ0v) is 18.6. The van der Waals surface area contributed by atoms with E-state index in [1.54, 1.807) is 24.3 Å². The minimum Gasteiger partial charge on any atom is -0.395 e. The first-order chi connectivity index (χ1) is 15.4. The average Bonchev–Trinajstić information content (AvgIpc) is 2.80. The predicted octanol–water partition coefficient (Wildman–Crippen LogP) is 3.25. The summed E-state index contributed by atoms with van der Waals surface area (Å²) < 4.78 is 33.0. The summed E-state index contributed by atoms with van der Waals surface area (Å²) in [5.74, 6) is -2.82. The highest BCUT2D eigenvalue weighted by Gasteiger charge is 2.41. The van der Waals surface area contributed by atoms with Crippen LogP contribution in [0, 0.1) is 5.41 Å². The van der Waals surface area contributed by atoms with E-state index in [1.165, 1.54) is 0 Å². The molecule has 3 unspecified atom stereocenters. The Morgan fingerprint density at radius 3 is 2.56 bits per heavy atom. The Morgan fingerprint density at radius 2 is 1.84 bits per heavy atom. The first kappa shape index (κ1) is 26.6. The van der Waals surface area contributed by atoms with Crippen molar-refractivity contribution < 1.29 is 28.8 Å². The van der Waals surface area contributed by atoms with E-state index in [2.05, 4.69) is 5.32 Å². The monoisotopic (exact) mass is 453 g/mol.